The molecule has 1 aromatic heterocycles. The van der Waals surface area contributed by atoms with Crippen molar-refractivity contribution in [3.63, 3.8) is 0 Å². The average molecular weight is 187 g/mol. The molecule has 2 nitrogen and oxygen atoms in total. The summed E-state index contributed by atoms with van der Waals surface area (Å²) in [6.45, 7) is 2.10. The van der Waals surface area contributed by atoms with Crippen LogP contribution in [0.15, 0.2) is 36.5 Å². The first-order valence-corrected chi connectivity index (χ1v) is 4.77. The first-order valence-electron chi connectivity index (χ1n) is 4.77. The number of phenols is 1. The third-order valence-electron chi connectivity index (χ3n) is 2.39. The molecule has 2 rings (SSSR count). The Labute approximate surface area is 83.2 Å². The highest BCUT2D eigenvalue weighted by Crippen LogP contribution is 2.29. The number of hydrogen-bond donors (Lipinski definition) is 2. The van der Waals surface area contributed by atoms with Gasteiger partial charge < -0.3 is 10.1 Å². The Bertz CT molecular complexity index is 431. The second kappa shape index (κ2) is 3.58. The number of nitrogens with one attached hydrogen (secondary N) is 1. The minimum atomic E-state index is 0.324. The molecule has 1 aromatic carbocycles. The van der Waals surface area contributed by atoms with E-state index in [1.54, 1.807) is 6.07 Å². The molecule has 2 heteroatoms. The monoisotopic (exact) mass is 187 g/mol. The average Bonchev–Trinajstić information content (AvgIpc) is 2.66. The van der Waals surface area contributed by atoms with Crippen LogP contribution in [-0.4, -0.2) is 10.1 Å². The molecule has 0 radical (unpaired) electrons. The molecule has 0 saturated carbocycles. The predicted octanol–water partition coefficient (Wildman–Crippen LogP) is 2.95. The summed E-state index contributed by atoms with van der Waals surface area (Å²) in [5, 5.41) is 9.68. The molecule has 0 unspecified atom stereocenters. The van der Waals surface area contributed by atoms with Crippen molar-refractivity contribution in [3.05, 3.63) is 42.1 Å². The number of aryl methyl sites for hydroxylation is 1. The minimum Gasteiger partial charge on any atom is -0.507 e. The van der Waals surface area contributed by atoms with Crippen molar-refractivity contribution < 1.29 is 5.11 Å². The van der Waals surface area contributed by atoms with E-state index in [1.165, 1.54) is 5.56 Å². The summed E-state index contributed by atoms with van der Waals surface area (Å²) in [5.74, 6) is 0.324. The van der Waals surface area contributed by atoms with E-state index in [-0.39, 0.29) is 0 Å². The molecule has 1 heterocycles. The lowest BCUT2D eigenvalue weighted by molar-refractivity contribution is 0.477. The summed E-state index contributed by atoms with van der Waals surface area (Å²) >= 11 is 0. The largest absolute Gasteiger partial charge is 0.507 e. The number of H-pyrrole nitrogens is 1. The number of aromatic hydroxyl groups is 1. The summed E-state index contributed by atoms with van der Waals surface area (Å²) < 4.78 is 0. The standard InChI is InChI=1S/C12H13NO/c1-2-9-7-8-13-12(9)10-5-3-4-6-11(10)14/h3-8,13-14H,2H2,1H3. The van der Waals surface area contributed by atoms with Crippen LogP contribution in [0.25, 0.3) is 11.3 Å². The van der Waals surface area contributed by atoms with Gasteiger partial charge in [-0.3, -0.25) is 0 Å². The lowest BCUT2D eigenvalue weighted by Gasteiger charge is -2.04. The highest BCUT2D eigenvalue weighted by Gasteiger charge is 2.07. The molecular formula is C12H13NO. The van der Waals surface area contributed by atoms with Gasteiger partial charge in [-0.2, -0.15) is 0 Å². The van der Waals surface area contributed by atoms with Crippen molar-refractivity contribution in [2.45, 2.75) is 13.3 Å². The van der Waals surface area contributed by atoms with Gasteiger partial charge in [0.05, 0.1) is 5.69 Å². The molecule has 2 N–H and O–H groups in total. The van der Waals surface area contributed by atoms with E-state index in [4.69, 9.17) is 0 Å². The molecule has 0 aliphatic heterocycles. The van der Waals surface area contributed by atoms with Crippen LogP contribution in [0.3, 0.4) is 0 Å². The van der Waals surface area contributed by atoms with Gasteiger partial charge in [0.15, 0.2) is 0 Å². The Morgan fingerprint density at radius 1 is 1.21 bits per heavy atom. The van der Waals surface area contributed by atoms with Crippen molar-refractivity contribution >= 4 is 0 Å². The van der Waals surface area contributed by atoms with E-state index < -0.39 is 0 Å². The SMILES string of the molecule is CCc1cc[nH]c1-c1ccccc1O. The first kappa shape index (κ1) is 8.88. The molecule has 0 fully saturated rings. The van der Waals surface area contributed by atoms with Gasteiger partial charge in [-0.15, -0.1) is 0 Å². The van der Waals surface area contributed by atoms with Gasteiger partial charge in [-0.25, -0.2) is 0 Å². The molecular weight excluding hydrogens is 174 g/mol. The van der Waals surface area contributed by atoms with Crippen LogP contribution < -0.4 is 0 Å². The summed E-state index contributed by atoms with van der Waals surface area (Å²) in [4.78, 5) is 3.15. The second-order valence-electron chi connectivity index (χ2n) is 3.25. The van der Waals surface area contributed by atoms with Gasteiger partial charge in [0.1, 0.15) is 5.75 Å². The predicted molar refractivity (Wildman–Crippen MR) is 57.3 cm³/mol. The van der Waals surface area contributed by atoms with Crippen LogP contribution in [0, 0.1) is 0 Å². The zero-order valence-electron chi connectivity index (χ0n) is 8.12. The maximum atomic E-state index is 9.68. The number of phenolic OH excluding ortho intramolecular Hbond substituents is 1. The van der Waals surface area contributed by atoms with E-state index in [9.17, 15) is 5.11 Å². The van der Waals surface area contributed by atoms with Crippen LogP contribution in [-0.2, 0) is 6.42 Å². The third-order valence-corrected chi connectivity index (χ3v) is 2.39. The summed E-state index contributed by atoms with van der Waals surface area (Å²) in [7, 11) is 0. The molecule has 0 bridgehead atoms. The fourth-order valence-electron chi connectivity index (χ4n) is 1.63. The Hall–Kier alpha value is -1.70. The zero-order valence-corrected chi connectivity index (χ0v) is 8.12. The lowest BCUT2D eigenvalue weighted by atomic mass is 10.1. The van der Waals surface area contributed by atoms with E-state index in [0.717, 1.165) is 17.7 Å². The van der Waals surface area contributed by atoms with Crippen molar-refractivity contribution in [1.29, 1.82) is 0 Å². The maximum Gasteiger partial charge on any atom is 0.124 e. The van der Waals surface area contributed by atoms with Gasteiger partial charge in [-0.1, -0.05) is 19.1 Å². The van der Waals surface area contributed by atoms with Gasteiger partial charge in [-0.05, 0) is 30.2 Å². The van der Waals surface area contributed by atoms with Gasteiger partial charge >= 0.3 is 0 Å². The smallest absolute Gasteiger partial charge is 0.124 e. The van der Waals surface area contributed by atoms with Crippen LogP contribution in [0.5, 0.6) is 5.75 Å². The van der Waals surface area contributed by atoms with Crippen LogP contribution in [0.4, 0.5) is 0 Å². The fraction of sp³-hybridized carbons (Fsp3) is 0.167. The van der Waals surface area contributed by atoms with Crippen molar-refractivity contribution in [1.82, 2.24) is 4.98 Å². The number of para-hydroxylation sites is 1. The van der Waals surface area contributed by atoms with Crippen LogP contribution >= 0.6 is 0 Å². The highest BCUT2D eigenvalue weighted by molar-refractivity contribution is 5.69. The molecule has 0 aliphatic rings. The van der Waals surface area contributed by atoms with E-state index in [2.05, 4.69) is 11.9 Å². The van der Waals surface area contributed by atoms with E-state index in [1.807, 2.05) is 30.5 Å². The topological polar surface area (TPSA) is 36.0 Å². The van der Waals surface area contributed by atoms with Gasteiger partial charge in [0, 0.05) is 11.8 Å². The molecule has 0 saturated heterocycles. The summed E-state index contributed by atoms with van der Waals surface area (Å²) in [5.41, 5.74) is 3.12. The van der Waals surface area contributed by atoms with Crippen LogP contribution in [0.1, 0.15) is 12.5 Å². The highest BCUT2D eigenvalue weighted by atomic mass is 16.3. The van der Waals surface area contributed by atoms with Crippen molar-refractivity contribution in [3.8, 4) is 17.0 Å². The van der Waals surface area contributed by atoms with Gasteiger partial charge in [0.25, 0.3) is 0 Å². The van der Waals surface area contributed by atoms with Crippen molar-refractivity contribution in [2.24, 2.45) is 0 Å². The molecule has 72 valence electrons. The Kier molecular flexibility index (Phi) is 2.27. The van der Waals surface area contributed by atoms with Crippen LogP contribution in [0.2, 0.25) is 0 Å². The number of aromatic amines is 1. The molecule has 0 spiro atoms. The van der Waals surface area contributed by atoms with E-state index in [0.29, 0.717) is 5.75 Å². The van der Waals surface area contributed by atoms with E-state index >= 15 is 0 Å². The Morgan fingerprint density at radius 3 is 2.71 bits per heavy atom. The molecule has 0 atom stereocenters. The normalized spacial score (nSPS) is 10.4. The lowest BCUT2D eigenvalue weighted by Crippen LogP contribution is -1.84. The molecule has 0 amide bonds. The molecule has 0 aliphatic carbocycles. The third kappa shape index (κ3) is 1.39. The zero-order chi connectivity index (χ0) is 9.97. The number of benzene rings is 1. The number of aromatic nitrogens is 1. The second-order valence-corrected chi connectivity index (χ2v) is 3.25. The Morgan fingerprint density at radius 2 is 2.00 bits per heavy atom. The quantitative estimate of drug-likeness (QED) is 0.745. The Balaban J connectivity index is 2.54. The van der Waals surface area contributed by atoms with Crippen molar-refractivity contribution in [2.75, 3.05) is 0 Å². The maximum absolute atomic E-state index is 9.68. The summed E-state index contributed by atoms with van der Waals surface area (Å²) in [6, 6.07) is 9.42. The minimum absolute atomic E-state index is 0.324. The molecule has 14 heavy (non-hydrogen) atoms. The number of hydrogen-bond acceptors (Lipinski definition) is 1. The number of rotatable bonds is 2. The fourth-order valence-corrected chi connectivity index (χ4v) is 1.63. The first-order chi connectivity index (χ1) is 6.83. The van der Waals surface area contributed by atoms with Gasteiger partial charge in [0.2, 0.25) is 0 Å². The summed E-state index contributed by atoms with van der Waals surface area (Å²) in [6.07, 6.45) is 2.87. The molecule has 2 aromatic rings.